The Labute approximate surface area is 144 Å². The predicted octanol–water partition coefficient (Wildman–Crippen LogP) is 2.51. The Balaban J connectivity index is 1.56. The lowest BCUT2D eigenvalue weighted by Gasteiger charge is -2.16. The van der Waals surface area contributed by atoms with Gasteiger partial charge in [-0.1, -0.05) is 36.9 Å². The van der Waals surface area contributed by atoms with E-state index < -0.39 is 0 Å². The second kappa shape index (κ2) is 7.44. The largest absolute Gasteiger partial charge is 0.311 e. The van der Waals surface area contributed by atoms with Gasteiger partial charge in [-0.2, -0.15) is 0 Å². The number of rotatable bonds is 5. The van der Waals surface area contributed by atoms with Crippen LogP contribution in [0.15, 0.2) is 41.4 Å². The molecular formula is C17H18N4O2S. The summed E-state index contributed by atoms with van der Waals surface area (Å²) >= 11 is 1.35. The summed E-state index contributed by atoms with van der Waals surface area (Å²) < 4.78 is 0. The first kappa shape index (κ1) is 16.4. The number of thioether (sulfide) groups is 1. The molecule has 1 aliphatic heterocycles. The summed E-state index contributed by atoms with van der Waals surface area (Å²) in [5.74, 6) is 0.692. The molecule has 124 valence electrons. The van der Waals surface area contributed by atoms with Crippen molar-refractivity contribution in [1.29, 1.82) is 0 Å². The molecule has 0 aliphatic carbocycles. The number of carbonyl (C=O) groups is 2. The van der Waals surface area contributed by atoms with Gasteiger partial charge in [-0.15, -0.1) is 10.2 Å². The molecule has 0 spiro atoms. The van der Waals surface area contributed by atoms with Gasteiger partial charge in [0.25, 0.3) is 0 Å². The number of aromatic nitrogens is 2. The van der Waals surface area contributed by atoms with E-state index in [1.807, 2.05) is 23.1 Å². The average molecular weight is 342 g/mol. The van der Waals surface area contributed by atoms with E-state index in [4.69, 9.17) is 0 Å². The molecule has 0 bridgehead atoms. The van der Waals surface area contributed by atoms with Gasteiger partial charge < -0.3 is 10.2 Å². The highest BCUT2D eigenvalue weighted by Gasteiger charge is 2.23. The maximum atomic E-state index is 12.4. The summed E-state index contributed by atoms with van der Waals surface area (Å²) in [4.78, 5) is 25.6. The number of fused-ring (bicyclic) bond motifs is 1. The molecule has 0 saturated heterocycles. The molecule has 0 unspecified atom stereocenters. The zero-order chi connectivity index (χ0) is 16.9. The first-order chi connectivity index (χ1) is 11.7. The van der Waals surface area contributed by atoms with Crippen molar-refractivity contribution in [1.82, 2.24) is 10.2 Å². The fraction of sp³-hybridized carbons (Fsp3) is 0.294. The highest BCUT2D eigenvalue weighted by atomic mass is 32.2. The molecule has 0 atom stereocenters. The number of amides is 2. The highest BCUT2D eigenvalue weighted by molar-refractivity contribution is 7.99. The number of anilines is 2. The molecule has 0 fully saturated rings. The Morgan fingerprint density at radius 1 is 1.21 bits per heavy atom. The minimum absolute atomic E-state index is 0.0649. The maximum absolute atomic E-state index is 12.4. The molecular weight excluding hydrogens is 324 g/mol. The third-order valence-electron chi connectivity index (χ3n) is 3.76. The molecule has 2 aromatic rings. The lowest BCUT2D eigenvalue weighted by Crippen LogP contribution is -2.30. The molecule has 1 N–H and O–H groups in total. The van der Waals surface area contributed by atoms with Crippen LogP contribution in [0.4, 0.5) is 11.5 Å². The monoisotopic (exact) mass is 342 g/mol. The van der Waals surface area contributed by atoms with E-state index in [9.17, 15) is 9.59 Å². The number of nitrogens with one attached hydrogen (secondary N) is 1. The van der Waals surface area contributed by atoms with Gasteiger partial charge in [-0.05, 0) is 30.2 Å². The van der Waals surface area contributed by atoms with Gasteiger partial charge in [0, 0.05) is 18.7 Å². The van der Waals surface area contributed by atoms with E-state index in [0.29, 0.717) is 23.0 Å². The van der Waals surface area contributed by atoms with E-state index in [-0.39, 0.29) is 11.8 Å². The van der Waals surface area contributed by atoms with Crippen molar-refractivity contribution in [3.8, 4) is 0 Å². The van der Waals surface area contributed by atoms with Crippen molar-refractivity contribution in [2.24, 2.45) is 0 Å². The summed E-state index contributed by atoms with van der Waals surface area (Å²) in [5.41, 5.74) is 2.22. The minimum atomic E-state index is -0.104. The van der Waals surface area contributed by atoms with Gasteiger partial charge in [0.1, 0.15) is 5.03 Å². The Morgan fingerprint density at radius 2 is 2.04 bits per heavy atom. The zero-order valence-electron chi connectivity index (χ0n) is 13.4. The van der Waals surface area contributed by atoms with Crippen molar-refractivity contribution in [2.75, 3.05) is 22.5 Å². The number of carbonyl (C=O) groups excluding carboxylic acids is 2. The Hall–Kier alpha value is -2.41. The molecule has 2 heterocycles. The third-order valence-corrected chi connectivity index (χ3v) is 4.67. The van der Waals surface area contributed by atoms with Gasteiger partial charge in [0.05, 0.1) is 5.75 Å². The minimum Gasteiger partial charge on any atom is -0.311 e. The van der Waals surface area contributed by atoms with Crippen LogP contribution < -0.4 is 10.2 Å². The molecule has 24 heavy (non-hydrogen) atoms. The molecule has 3 rings (SSSR count). The van der Waals surface area contributed by atoms with Crippen LogP contribution in [0.1, 0.15) is 18.9 Å². The number of nitrogens with zero attached hydrogens (tertiary/aromatic N) is 3. The standard InChI is InChI=1S/C17H18N4O2S/c1-2-15(22)18-14-7-8-16(20-19-14)24-11-17(23)21-10-9-12-5-3-4-6-13(12)21/h3-8H,2,9-11H2,1H3,(H,18,19,22). The third kappa shape index (κ3) is 3.73. The van der Waals surface area contributed by atoms with E-state index in [2.05, 4.69) is 21.6 Å². The molecule has 2 amide bonds. The van der Waals surface area contributed by atoms with Gasteiger partial charge >= 0.3 is 0 Å². The molecule has 6 nitrogen and oxygen atoms in total. The summed E-state index contributed by atoms with van der Waals surface area (Å²) in [7, 11) is 0. The molecule has 0 radical (unpaired) electrons. The van der Waals surface area contributed by atoms with Crippen LogP contribution in [-0.4, -0.2) is 34.3 Å². The number of para-hydroxylation sites is 1. The van der Waals surface area contributed by atoms with Crippen LogP contribution in [0.5, 0.6) is 0 Å². The van der Waals surface area contributed by atoms with Gasteiger partial charge in [-0.3, -0.25) is 9.59 Å². The first-order valence-electron chi connectivity index (χ1n) is 7.82. The zero-order valence-corrected chi connectivity index (χ0v) is 14.2. The normalized spacial score (nSPS) is 12.8. The van der Waals surface area contributed by atoms with Crippen LogP contribution in [0.25, 0.3) is 0 Å². The Morgan fingerprint density at radius 3 is 2.79 bits per heavy atom. The molecule has 1 aromatic heterocycles. The van der Waals surface area contributed by atoms with Crippen LogP contribution >= 0.6 is 11.8 Å². The van der Waals surface area contributed by atoms with Crippen LogP contribution in [-0.2, 0) is 16.0 Å². The Bertz CT molecular complexity index is 749. The quantitative estimate of drug-likeness (QED) is 0.845. The SMILES string of the molecule is CCC(=O)Nc1ccc(SCC(=O)N2CCc3ccccc32)nn1. The summed E-state index contributed by atoms with van der Waals surface area (Å²) in [6.07, 6.45) is 1.29. The lowest BCUT2D eigenvalue weighted by molar-refractivity contribution is -0.116. The lowest BCUT2D eigenvalue weighted by atomic mass is 10.2. The number of hydrogen-bond donors (Lipinski definition) is 1. The van der Waals surface area contributed by atoms with Crippen LogP contribution in [0.2, 0.25) is 0 Å². The van der Waals surface area contributed by atoms with E-state index in [0.717, 1.165) is 18.7 Å². The van der Waals surface area contributed by atoms with Gasteiger partial charge in [0.2, 0.25) is 11.8 Å². The molecule has 1 aliphatic rings. The second-order valence-electron chi connectivity index (χ2n) is 5.37. The fourth-order valence-corrected chi connectivity index (χ4v) is 3.20. The molecule has 7 heteroatoms. The second-order valence-corrected chi connectivity index (χ2v) is 6.37. The van der Waals surface area contributed by atoms with Crippen LogP contribution in [0, 0.1) is 0 Å². The number of benzene rings is 1. The van der Waals surface area contributed by atoms with Crippen molar-refractivity contribution in [3.63, 3.8) is 0 Å². The van der Waals surface area contributed by atoms with E-state index >= 15 is 0 Å². The highest BCUT2D eigenvalue weighted by Crippen LogP contribution is 2.28. The number of hydrogen-bond acceptors (Lipinski definition) is 5. The Kier molecular flexibility index (Phi) is 5.10. The maximum Gasteiger partial charge on any atom is 0.237 e. The molecule has 0 saturated carbocycles. The smallest absolute Gasteiger partial charge is 0.237 e. The van der Waals surface area contributed by atoms with Crippen LogP contribution in [0.3, 0.4) is 0 Å². The fourth-order valence-electron chi connectivity index (χ4n) is 2.51. The summed E-state index contributed by atoms with van der Waals surface area (Å²) in [5, 5.41) is 11.3. The topological polar surface area (TPSA) is 75.2 Å². The van der Waals surface area contributed by atoms with Crippen molar-refractivity contribution >= 4 is 35.1 Å². The van der Waals surface area contributed by atoms with E-state index in [1.54, 1.807) is 19.1 Å². The van der Waals surface area contributed by atoms with Crippen molar-refractivity contribution < 1.29 is 9.59 Å². The average Bonchev–Trinajstić information content (AvgIpc) is 3.05. The van der Waals surface area contributed by atoms with Gasteiger partial charge in [0.15, 0.2) is 5.82 Å². The molecule has 1 aromatic carbocycles. The first-order valence-corrected chi connectivity index (χ1v) is 8.80. The summed E-state index contributed by atoms with van der Waals surface area (Å²) in [6.45, 7) is 2.50. The van der Waals surface area contributed by atoms with Crippen molar-refractivity contribution in [3.05, 3.63) is 42.0 Å². The van der Waals surface area contributed by atoms with Gasteiger partial charge in [-0.25, -0.2) is 0 Å². The summed E-state index contributed by atoms with van der Waals surface area (Å²) in [6, 6.07) is 11.4. The van der Waals surface area contributed by atoms with E-state index in [1.165, 1.54) is 17.3 Å². The predicted molar refractivity (Wildman–Crippen MR) is 94.2 cm³/mol. The van der Waals surface area contributed by atoms with Crippen molar-refractivity contribution in [2.45, 2.75) is 24.8 Å².